The Kier molecular flexibility index (Phi) is 3.64. The largest absolute Gasteiger partial charge is 0.354 e. The van der Waals surface area contributed by atoms with E-state index in [2.05, 4.69) is 65.6 Å². The van der Waals surface area contributed by atoms with Crippen LogP contribution in [0.3, 0.4) is 0 Å². The van der Waals surface area contributed by atoms with Crippen LogP contribution in [-0.4, -0.2) is 4.98 Å². The van der Waals surface area contributed by atoms with Crippen LogP contribution >= 0.6 is 11.6 Å². The lowest BCUT2D eigenvalue weighted by atomic mass is 9.98. The summed E-state index contributed by atoms with van der Waals surface area (Å²) in [5, 5.41) is 1.99. The Balaban J connectivity index is 1.92. The highest BCUT2D eigenvalue weighted by Gasteiger charge is 2.13. The first-order chi connectivity index (χ1) is 11.3. The zero-order chi connectivity index (χ0) is 15.6. The van der Waals surface area contributed by atoms with E-state index < -0.39 is 0 Å². The second-order valence-electron chi connectivity index (χ2n) is 5.70. The van der Waals surface area contributed by atoms with Gasteiger partial charge in [0, 0.05) is 22.3 Å². The van der Waals surface area contributed by atoms with Gasteiger partial charge in [-0.3, -0.25) is 0 Å². The lowest BCUT2D eigenvalue weighted by Gasteiger charge is -2.06. The van der Waals surface area contributed by atoms with Crippen LogP contribution in [0.2, 0.25) is 5.02 Å². The molecule has 112 valence electrons. The molecule has 0 atom stereocenters. The number of hydrogen-bond acceptors (Lipinski definition) is 0. The molecule has 1 nitrogen and oxygen atoms in total. The average molecular weight is 318 g/mol. The van der Waals surface area contributed by atoms with Crippen LogP contribution in [0.25, 0.3) is 22.2 Å². The van der Waals surface area contributed by atoms with Crippen LogP contribution in [0.4, 0.5) is 0 Å². The number of aromatic nitrogens is 1. The van der Waals surface area contributed by atoms with Gasteiger partial charge in [-0.05, 0) is 28.8 Å². The minimum absolute atomic E-state index is 0.754. The van der Waals surface area contributed by atoms with Crippen molar-refractivity contribution in [1.29, 1.82) is 0 Å². The summed E-state index contributed by atoms with van der Waals surface area (Å²) in [7, 11) is 0. The fraction of sp³-hybridized carbons (Fsp3) is 0.0476. The Morgan fingerprint density at radius 3 is 2.22 bits per heavy atom. The highest BCUT2D eigenvalue weighted by molar-refractivity contribution is 6.31. The first-order valence-electron chi connectivity index (χ1n) is 7.71. The molecular weight excluding hydrogens is 302 g/mol. The van der Waals surface area contributed by atoms with Gasteiger partial charge in [-0.2, -0.15) is 0 Å². The normalized spacial score (nSPS) is 11.0. The molecule has 2 heteroatoms. The Labute approximate surface area is 140 Å². The Bertz CT molecular complexity index is 940. The Hall–Kier alpha value is -2.51. The third-order valence-corrected chi connectivity index (χ3v) is 4.39. The van der Waals surface area contributed by atoms with Crippen LogP contribution < -0.4 is 0 Å². The Morgan fingerprint density at radius 1 is 0.783 bits per heavy atom. The van der Waals surface area contributed by atoms with Gasteiger partial charge in [0.05, 0.1) is 5.69 Å². The molecule has 0 aliphatic carbocycles. The van der Waals surface area contributed by atoms with E-state index in [1.807, 2.05) is 18.2 Å². The van der Waals surface area contributed by atoms with Crippen molar-refractivity contribution < 1.29 is 0 Å². The number of nitrogens with one attached hydrogen (secondary N) is 1. The third kappa shape index (κ3) is 2.76. The smallest absolute Gasteiger partial charge is 0.0500 e. The zero-order valence-electron chi connectivity index (χ0n) is 12.6. The van der Waals surface area contributed by atoms with Gasteiger partial charge in [-0.15, -0.1) is 0 Å². The number of aromatic amines is 1. The molecule has 0 fully saturated rings. The molecule has 0 aliphatic heterocycles. The Morgan fingerprint density at radius 2 is 1.48 bits per heavy atom. The summed E-state index contributed by atoms with van der Waals surface area (Å²) in [6.45, 7) is 0. The van der Waals surface area contributed by atoms with Gasteiger partial charge in [0.25, 0.3) is 0 Å². The van der Waals surface area contributed by atoms with Crippen LogP contribution in [0, 0.1) is 0 Å². The van der Waals surface area contributed by atoms with Crippen LogP contribution in [-0.2, 0) is 6.42 Å². The van der Waals surface area contributed by atoms with E-state index in [4.69, 9.17) is 11.6 Å². The van der Waals surface area contributed by atoms with Crippen molar-refractivity contribution in [2.24, 2.45) is 0 Å². The van der Waals surface area contributed by atoms with Crippen molar-refractivity contribution in [3.63, 3.8) is 0 Å². The molecule has 0 spiro atoms. The van der Waals surface area contributed by atoms with Crippen molar-refractivity contribution in [2.45, 2.75) is 6.42 Å². The summed E-state index contributed by atoms with van der Waals surface area (Å²) in [6.07, 6.45) is 0.896. The maximum atomic E-state index is 6.17. The van der Waals surface area contributed by atoms with Crippen molar-refractivity contribution in [2.75, 3.05) is 0 Å². The van der Waals surface area contributed by atoms with E-state index in [0.717, 1.165) is 17.0 Å². The quantitative estimate of drug-likeness (QED) is 0.471. The molecule has 4 aromatic rings. The molecule has 1 N–H and O–H groups in total. The number of H-pyrrole nitrogens is 1. The molecule has 0 amide bonds. The molecule has 1 aromatic heterocycles. The summed E-state index contributed by atoms with van der Waals surface area (Å²) in [5.74, 6) is 0. The van der Waals surface area contributed by atoms with Crippen LogP contribution in [0.5, 0.6) is 0 Å². The molecule has 0 bridgehead atoms. The summed E-state index contributed by atoms with van der Waals surface area (Å²) >= 11 is 6.17. The highest BCUT2D eigenvalue weighted by atomic mass is 35.5. The minimum atomic E-state index is 0.754. The average Bonchev–Trinajstić information content (AvgIpc) is 2.94. The van der Waals surface area contributed by atoms with E-state index in [9.17, 15) is 0 Å². The maximum Gasteiger partial charge on any atom is 0.0500 e. The van der Waals surface area contributed by atoms with Crippen LogP contribution in [0.15, 0.2) is 78.9 Å². The summed E-state index contributed by atoms with van der Waals surface area (Å²) in [5.41, 5.74) is 6.08. The zero-order valence-corrected chi connectivity index (χ0v) is 13.3. The van der Waals surface area contributed by atoms with Crippen molar-refractivity contribution in [3.05, 3.63) is 95.0 Å². The number of rotatable bonds is 3. The van der Waals surface area contributed by atoms with Crippen molar-refractivity contribution in [1.82, 2.24) is 4.98 Å². The van der Waals surface area contributed by atoms with Gasteiger partial charge >= 0.3 is 0 Å². The molecule has 0 unspecified atom stereocenters. The lowest BCUT2D eigenvalue weighted by Crippen LogP contribution is -1.90. The van der Waals surface area contributed by atoms with Gasteiger partial charge in [-0.25, -0.2) is 0 Å². The summed E-state index contributed by atoms with van der Waals surface area (Å²) in [4.78, 5) is 3.56. The first-order valence-corrected chi connectivity index (χ1v) is 8.08. The molecule has 0 saturated carbocycles. The molecule has 0 radical (unpaired) electrons. The van der Waals surface area contributed by atoms with Crippen molar-refractivity contribution >= 4 is 22.5 Å². The van der Waals surface area contributed by atoms with E-state index in [-0.39, 0.29) is 0 Å². The fourth-order valence-corrected chi connectivity index (χ4v) is 3.23. The number of benzene rings is 3. The van der Waals surface area contributed by atoms with Gasteiger partial charge in [-0.1, -0.05) is 78.3 Å². The monoisotopic (exact) mass is 317 g/mol. The van der Waals surface area contributed by atoms with Gasteiger partial charge in [0.1, 0.15) is 0 Å². The van der Waals surface area contributed by atoms with Gasteiger partial charge < -0.3 is 4.98 Å². The molecule has 0 saturated heterocycles. The van der Waals surface area contributed by atoms with Gasteiger partial charge in [0.2, 0.25) is 0 Å². The molecular formula is C21H16ClN. The molecule has 4 rings (SSSR count). The number of halogens is 1. The number of fused-ring (bicyclic) bond motifs is 1. The van der Waals surface area contributed by atoms with E-state index in [1.165, 1.54) is 27.8 Å². The highest BCUT2D eigenvalue weighted by Crippen LogP contribution is 2.33. The summed E-state index contributed by atoms with van der Waals surface area (Å²) in [6, 6.07) is 27.1. The lowest BCUT2D eigenvalue weighted by molar-refractivity contribution is 1.21. The predicted octanol–water partition coefficient (Wildman–Crippen LogP) is 6.08. The predicted molar refractivity (Wildman–Crippen MR) is 98.0 cm³/mol. The number of hydrogen-bond donors (Lipinski definition) is 1. The first kappa shape index (κ1) is 14.1. The minimum Gasteiger partial charge on any atom is -0.354 e. The molecule has 1 heterocycles. The van der Waals surface area contributed by atoms with E-state index in [1.54, 1.807) is 0 Å². The molecule has 3 aromatic carbocycles. The topological polar surface area (TPSA) is 15.8 Å². The molecule has 23 heavy (non-hydrogen) atoms. The third-order valence-electron chi connectivity index (χ3n) is 4.15. The second-order valence-corrected chi connectivity index (χ2v) is 6.13. The summed E-state index contributed by atoms with van der Waals surface area (Å²) < 4.78 is 0. The standard InChI is InChI=1S/C21H16ClN/c22-17-11-12-18-19(13-15-7-3-1-4-8-15)21(23-20(18)14-17)16-9-5-2-6-10-16/h1-12,14,23H,13H2. The maximum absolute atomic E-state index is 6.17. The van der Waals surface area contributed by atoms with Gasteiger partial charge in [0.15, 0.2) is 0 Å². The van der Waals surface area contributed by atoms with Crippen molar-refractivity contribution in [3.8, 4) is 11.3 Å². The fourth-order valence-electron chi connectivity index (χ4n) is 3.06. The molecule has 0 aliphatic rings. The second kappa shape index (κ2) is 5.94. The van der Waals surface area contributed by atoms with E-state index >= 15 is 0 Å². The SMILES string of the molecule is Clc1ccc2c(Cc3ccccc3)c(-c3ccccc3)[nH]c2c1. The van der Waals surface area contributed by atoms with E-state index in [0.29, 0.717) is 0 Å². The van der Waals surface area contributed by atoms with Crippen LogP contribution in [0.1, 0.15) is 11.1 Å².